The number of nitrogens with one attached hydrogen (secondary N) is 2. The van der Waals surface area contributed by atoms with Crippen LogP contribution in [0.5, 0.6) is 0 Å². The molecule has 1 fully saturated rings. The number of carboxylic acid groups (broad SMARTS) is 1. The monoisotopic (exact) mass is 329 g/mol. The van der Waals surface area contributed by atoms with E-state index >= 15 is 0 Å². The van der Waals surface area contributed by atoms with E-state index in [1.165, 1.54) is 12.8 Å². The molecule has 3 rings (SSSR count). The molecule has 2 aromatic rings. The van der Waals surface area contributed by atoms with Crippen LogP contribution in [-0.2, 0) is 11.3 Å². The lowest BCUT2D eigenvalue weighted by atomic mass is 10.1. The molecule has 1 saturated heterocycles. The second kappa shape index (κ2) is 6.55. The quantitative estimate of drug-likeness (QED) is 0.787. The number of fused-ring (bicyclic) bond motifs is 1. The maximum atomic E-state index is 11.9. The summed E-state index contributed by atoms with van der Waals surface area (Å²) in [5.74, 6) is -1.23. The van der Waals surface area contributed by atoms with Crippen molar-refractivity contribution in [3.05, 3.63) is 29.5 Å². The lowest BCUT2D eigenvalue weighted by Gasteiger charge is -2.17. The zero-order valence-electron chi connectivity index (χ0n) is 14.1. The van der Waals surface area contributed by atoms with Crippen LogP contribution >= 0.6 is 0 Å². The summed E-state index contributed by atoms with van der Waals surface area (Å²) in [7, 11) is 0. The van der Waals surface area contributed by atoms with Gasteiger partial charge in [-0.3, -0.25) is 4.79 Å². The van der Waals surface area contributed by atoms with Gasteiger partial charge in [0, 0.05) is 47.7 Å². The molecule has 2 heterocycles. The van der Waals surface area contributed by atoms with Crippen LogP contribution in [0.3, 0.4) is 0 Å². The van der Waals surface area contributed by atoms with Crippen LogP contribution in [-0.4, -0.2) is 35.1 Å². The predicted octanol–water partition coefficient (Wildman–Crippen LogP) is 2.74. The molecule has 128 valence electrons. The minimum Gasteiger partial charge on any atom is -0.477 e. The summed E-state index contributed by atoms with van der Waals surface area (Å²) >= 11 is 0. The maximum absolute atomic E-state index is 11.9. The molecule has 0 spiro atoms. The van der Waals surface area contributed by atoms with Gasteiger partial charge in [-0.1, -0.05) is 13.8 Å². The fraction of sp³-hybridized carbons (Fsp3) is 0.444. The van der Waals surface area contributed by atoms with E-state index in [0.29, 0.717) is 5.56 Å². The number of carboxylic acids is 1. The fourth-order valence-corrected chi connectivity index (χ4v) is 3.15. The fourth-order valence-electron chi connectivity index (χ4n) is 3.15. The largest absolute Gasteiger partial charge is 0.477 e. The van der Waals surface area contributed by atoms with Crippen molar-refractivity contribution in [1.82, 2.24) is 10.3 Å². The Labute approximate surface area is 140 Å². The summed E-state index contributed by atoms with van der Waals surface area (Å²) < 4.78 is 0. The Hall–Kier alpha value is -2.50. The van der Waals surface area contributed by atoms with Crippen molar-refractivity contribution in [2.45, 2.75) is 33.2 Å². The number of H-pyrrole nitrogens is 1. The van der Waals surface area contributed by atoms with Gasteiger partial charge in [0.2, 0.25) is 5.91 Å². The highest BCUT2D eigenvalue weighted by Gasteiger charge is 2.20. The molecule has 0 aliphatic carbocycles. The molecule has 1 aliphatic heterocycles. The Morgan fingerprint density at radius 1 is 1.29 bits per heavy atom. The number of anilines is 1. The maximum Gasteiger partial charge on any atom is 0.352 e. The van der Waals surface area contributed by atoms with Crippen LogP contribution in [0.1, 0.15) is 42.7 Å². The number of benzene rings is 1. The minimum atomic E-state index is -1.01. The smallest absolute Gasteiger partial charge is 0.352 e. The van der Waals surface area contributed by atoms with Gasteiger partial charge in [0.05, 0.1) is 0 Å². The second-order valence-corrected chi connectivity index (χ2v) is 6.58. The van der Waals surface area contributed by atoms with Crippen LogP contribution < -0.4 is 10.2 Å². The number of nitrogens with zero attached hydrogens (tertiary/aromatic N) is 1. The van der Waals surface area contributed by atoms with E-state index in [1.54, 1.807) is 0 Å². The Morgan fingerprint density at radius 3 is 2.62 bits per heavy atom. The first kappa shape index (κ1) is 16.4. The third kappa shape index (κ3) is 3.09. The molecule has 6 heteroatoms. The standard InChI is InChI=1S/C18H23N3O3/c1-11(2)17(22)19-10-14-13-9-12(21-7-3-4-8-21)5-6-15(13)20-16(14)18(23)24/h5-6,9,11,20H,3-4,7-8,10H2,1-2H3,(H,19,22)(H,23,24). The molecule has 1 aromatic heterocycles. The van der Waals surface area contributed by atoms with Crippen molar-refractivity contribution < 1.29 is 14.7 Å². The number of carbonyl (C=O) groups is 2. The number of aromatic carboxylic acids is 1. The Morgan fingerprint density at radius 2 is 2.00 bits per heavy atom. The average molecular weight is 329 g/mol. The third-order valence-corrected chi connectivity index (χ3v) is 4.54. The van der Waals surface area contributed by atoms with Gasteiger partial charge in [0.25, 0.3) is 0 Å². The van der Waals surface area contributed by atoms with Gasteiger partial charge in [-0.2, -0.15) is 0 Å². The molecule has 6 nitrogen and oxygen atoms in total. The average Bonchev–Trinajstić information content (AvgIpc) is 3.19. The highest BCUT2D eigenvalue weighted by molar-refractivity contribution is 5.98. The number of hydrogen-bond donors (Lipinski definition) is 3. The van der Waals surface area contributed by atoms with E-state index in [0.717, 1.165) is 29.7 Å². The summed E-state index contributed by atoms with van der Waals surface area (Å²) in [5, 5.41) is 13.2. The summed E-state index contributed by atoms with van der Waals surface area (Å²) in [5.41, 5.74) is 2.66. The molecule has 0 atom stereocenters. The number of carbonyl (C=O) groups excluding carboxylic acids is 1. The van der Waals surface area contributed by atoms with Gasteiger partial charge in [-0.15, -0.1) is 0 Å². The minimum absolute atomic E-state index is 0.0867. The Kier molecular flexibility index (Phi) is 4.46. The second-order valence-electron chi connectivity index (χ2n) is 6.58. The van der Waals surface area contributed by atoms with Crippen LogP contribution in [0.4, 0.5) is 5.69 Å². The van der Waals surface area contributed by atoms with Crippen LogP contribution in [0.2, 0.25) is 0 Å². The van der Waals surface area contributed by atoms with E-state index in [-0.39, 0.29) is 24.1 Å². The van der Waals surface area contributed by atoms with Crippen molar-refractivity contribution in [2.75, 3.05) is 18.0 Å². The topological polar surface area (TPSA) is 85.4 Å². The normalized spacial score (nSPS) is 14.5. The van der Waals surface area contributed by atoms with Crippen LogP contribution in [0, 0.1) is 5.92 Å². The molecule has 0 radical (unpaired) electrons. The third-order valence-electron chi connectivity index (χ3n) is 4.54. The molecule has 0 saturated carbocycles. The molecular formula is C18H23N3O3. The number of amides is 1. The van der Waals surface area contributed by atoms with E-state index in [2.05, 4.69) is 15.2 Å². The van der Waals surface area contributed by atoms with Crippen molar-refractivity contribution in [1.29, 1.82) is 0 Å². The molecule has 3 N–H and O–H groups in total. The molecule has 0 unspecified atom stereocenters. The van der Waals surface area contributed by atoms with Gasteiger partial charge < -0.3 is 20.3 Å². The zero-order chi connectivity index (χ0) is 17.3. The number of aromatic amines is 1. The highest BCUT2D eigenvalue weighted by atomic mass is 16.4. The highest BCUT2D eigenvalue weighted by Crippen LogP contribution is 2.29. The molecular weight excluding hydrogens is 306 g/mol. The van der Waals surface area contributed by atoms with E-state index < -0.39 is 5.97 Å². The molecule has 1 aromatic carbocycles. The van der Waals surface area contributed by atoms with Gasteiger partial charge in [0.1, 0.15) is 5.69 Å². The zero-order valence-corrected chi connectivity index (χ0v) is 14.1. The molecule has 1 aliphatic rings. The van der Waals surface area contributed by atoms with Crippen LogP contribution in [0.25, 0.3) is 10.9 Å². The van der Waals surface area contributed by atoms with Crippen molar-refractivity contribution in [3.63, 3.8) is 0 Å². The summed E-state index contributed by atoms with van der Waals surface area (Å²) in [6.45, 7) is 5.90. The first-order valence-electron chi connectivity index (χ1n) is 8.38. The number of hydrogen-bond acceptors (Lipinski definition) is 3. The van der Waals surface area contributed by atoms with Crippen molar-refractivity contribution in [2.24, 2.45) is 5.92 Å². The number of aromatic nitrogens is 1. The van der Waals surface area contributed by atoms with Gasteiger partial charge in [0.15, 0.2) is 0 Å². The van der Waals surface area contributed by atoms with Gasteiger partial charge >= 0.3 is 5.97 Å². The molecule has 0 bridgehead atoms. The van der Waals surface area contributed by atoms with Crippen LogP contribution in [0.15, 0.2) is 18.2 Å². The molecule has 24 heavy (non-hydrogen) atoms. The SMILES string of the molecule is CC(C)C(=O)NCc1c(C(=O)O)[nH]c2ccc(N3CCCC3)cc12. The van der Waals surface area contributed by atoms with Crippen molar-refractivity contribution >= 4 is 28.5 Å². The lowest BCUT2D eigenvalue weighted by molar-refractivity contribution is -0.124. The van der Waals surface area contributed by atoms with E-state index in [4.69, 9.17) is 0 Å². The number of rotatable bonds is 5. The first-order chi connectivity index (χ1) is 11.5. The summed E-state index contributed by atoms with van der Waals surface area (Å²) in [6, 6.07) is 5.97. The summed E-state index contributed by atoms with van der Waals surface area (Å²) in [6.07, 6.45) is 2.37. The Bertz CT molecular complexity index is 773. The van der Waals surface area contributed by atoms with E-state index in [1.807, 2.05) is 32.0 Å². The van der Waals surface area contributed by atoms with Gasteiger partial charge in [-0.25, -0.2) is 4.79 Å². The Balaban J connectivity index is 1.98. The van der Waals surface area contributed by atoms with Crippen molar-refractivity contribution in [3.8, 4) is 0 Å². The van der Waals surface area contributed by atoms with E-state index in [9.17, 15) is 14.7 Å². The molecule has 1 amide bonds. The lowest BCUT2D eigenvalue weighted by Crippen LogP contribution is -2.27. The predicted molar refractivity (Wildman–Crippen MR) is 93.4 cm³/mol. The first-order valence-corrected chi connectivity index (χ1v) is 8.38. The van der Waals surface area contributed by atoms with Gasteiger partial charge in [-0.05, 0) is 31.0 Å². The summed E-state index contributed by atoms with van der Waals surface area (Å²) in [4.78, 5) is 28.7.